The largest absolute Gasteiger partial charge is 0.286 e. The smallest absolute Gasteiger partial charge is 0.264 e. The normalized spacial score (nSPS) is 12.6. The zero-order valence-corrected chi connectivity index (χ0v) is 16.4. The van der Waals surface area contributed by atoms with Gasteiger partial charge < -0.3 is 0 Å². The van der Waals surface area contributed by atoms with Crippen LogP contribution < -0.4 is 0 Å². The molecule has 3 nitrogen and oxygen atoms in total. The molecule has 0 rings (SSSR count). The summed E-state index contributed by atoms with van der Waals surface area (Å²) in [6, 6.07) is 0. The summed E-state index contributed by atoms with van der Waals surface area (Å²) in [7, 11) is -3.76. The molecule has 0 heterocycles. The van der Waals surface area contributed by atoms with E-state index >= 15 is 0 Å². The van der Waals surface area contributed by atoms with Gasteiger partial charge in [-0.15, -0.1) is 0 Å². The van der Waals surface area contributed by atoms with E-state index in [1.807, 2.05) is 0 Å². The standard InChI is InChI=1S/C20H38O3S/c1-2-3-4-5-6-7-8-9-10-11-12-13-14-15-16-17-18-19-20-24(21,22)23/h6-7,9-10H,2-5,8,11-20H2,1H3,(H,21,22,23)/b7-6-,10-9-. The molecule has 0 saturated carbocycles. The van der Waals surface area contributed by atoms with Crippen LogP contribution >= 0.6 is 0 Å². The van der Waals surface area contributed by atoms with Crippen molar-refractivity contribution >= 4 is 10.1 Å². The maximum Gasteiger partial charge on any atom is 0.264 e. The molecule has 0 aliphatic rings. The van der Waals surface area contributed by atoms with E-state index in [-0.39, 0.29) is 5.75 Å². The maximum absolute atomic E-state index is 10.5. The fourth-order valence-electron chi connectivity index (χ4n) is 2.63. The Morgan fingerprint density at radius 3 is 1.62 bits per heavy atom. The minimum absolute atomic E-state index is 0.0900. The van der Waals surface area contributed by atoms with Crippen molar-refractivity contribution in [3.8, 4) is 0 Å². The molecule has 0 aromatic rings. The molecule has 4 heteroatoms. The summed E-state index contributed by atoms with van der Waals surface area (Å²) in [4.78, 5) is 0. The van der Waals surface area contributed by atoms with Gasteiger partial charge in [0, 0.05) is 0 Å². The monoisotopic (exact) mass is 358 g/mol. The molecule has 0 atom stereocenters. The van der Waals surface area contributed by atoms with Crippen molar-refractivity contribution in [1.29, 1.82) is 0 Å². The lowest BCUT2D eigenvalue weighted by Crippen LogP contribution is -2.03. The molecule has 0 saturated heterocycles. The quantitative estimate of drug-likeness (QED) is 0.184. The van der Waals surface area contributed by atoms with Crippen LogP contribution in [-0.4, -0.2) is 18.7 Å². The van der Waals surface area contributed by atoms with Crippen molar-refractivity contribution in [2.75, 3.05) is 5.75 Å². The van der Waals surface area contributed by atoms with E-state index in [2.05, 4.69) is 31.2 Å². The highest BCUT2D eigenvalue weighted by molar-refractivity contribution is 7.85. The van der Waals surface area contributed by atoms with Gasteiger partial charge in [0.25, 0.3) is 10.1 Å². The molecular weight excluding hydrogens is 320 g/mol. The highest BCUT2D eigenvalue weighted by atomic mass is 32.2. The van der Waals surface area contributed by atoms with Gasteiger partial charge >= 0.3 is 0 Å². The second-order valence-corrected chi connectivity index (χ2v) is 8.15. The summed E-state index contributed by atoms with van der Waals surface area (Å²) in [6.45, 7) is 2.24. The zero-order chi connectivity index (χ0) is 17.9. The summed E-state index contributed by atoms with van der Waals surface area (Å²) in [6.07, 6.45) is 25.3. The van der Waals surface area contributed by atoms with E-state index in [0.29, 0.717) is 6.42 Å². The lowest BCUT2D eigenvalue weighted by atomic mass is 10.1. The summed E-state index contributed by atoms with van der Waals surface area (Å²) < 4.78 is 29.7. The van der Waals surface area contributed by atoms with Gasteiger partial charge in [-0.05, 0) is 38.5 Å². The molecule has 0 aromatic heterocycles. The fourth-order valence-corrected chi connectivity index (χ4v) is 3.20. The zero-order valence-electron chi connectivity index (χ0n) is 15.6. The first-order valence-corrected chi connectivity index (χ1v) is 11.4. The molecule has 24 heavy (non-hydrogen) atoms. The van der Waals surface area contributed by atoms with Crippen molar-refractivity contribution in [2.45, 2.75) is 96.8 Å². The molecule has 0 aliphatic carbocycles. The van der Waals surface area contributed by atoms with Gasteiger partial charge in [0.2, 0.25) is 0 Å². The molecule has 0 spiro atoms. The van der Waals surface area contributed by atoms with Crippen LogP contribution in [0.2, 0.25) is 0 Å². The van der Waals surface area contributed by atoms with Crippen molar-refractivity contribution in [3.63, 3.8) is 0 Å². The number of hydrogen-bond acceptors (Lipinski definition) is 2. The van der Waals surface area contributed by atoms with Gasteiger partial charge in [-0.1, -0.05) is 82.6 Å². The molecule has 0 aromatic carbocycles. The van der Waals surface area contributed by atoms with Crippen LogP contribution in [0.3, 0.4) is 0 Å². The third-order valence-electron chi connectivity index (χ3n) is 4.10. The molecular formula is C20H38O3S. The van der Waals surface area contributed by atoms with Crippen LogP contribution in [0.25, 0.3) is 0 Å². The summed E-state index contributed by atoms with van der Waals surface area (Å²) >= 11 is 0. The Hall–Kier alpha value is -0.610. The highest BCUT2D eigenvalue weighted by Crippen LogP contribution is 2.10. The number of hydrogen-bond donors (Lipinski definition) is 1. The van der Waals surface area contributed by atoms with Gasteiger partial charge in [-0.25, -0.2) is 0 Å². The van der Waals surface area contributed by atoms with E-state index in [4.69, 9.17) is 4.55 Å². The van der Waals surface area contributed by atoms with Crippen LogP contribution in [-0.2, 0) is 10.1 Å². The molecule has 0 amide bonds. The van der Waals surface area contributed by atoms with Crippen molar-refractivity contribution < 1.29 is 13.0 Å². The lowest BCUT2D eigenvalue weighted by molar-refractivity contribution is 0.478. The Bertz CT molecular complexity index is 411. The molecule has 142 valence electrons. The predicted octanol–water partition coefficient (Wildman–Crippen LogP) is 6.47. The average molecular weight is 359 g/mol. The first kappa shape index (κ1) is 23.4. The number of allylic oxidation sites excluding steroid dienone is 4. The first-order chi connectivity index (χ1) is 11.6. The molecule has 0 aliphatic heterocycles. The number of rotatable bonds is 17. The minimum atomic E-state index is -3.76. The average Bonchev–Trinajstić information content (AvgIpc) is 2.52. The van der Waals surface area contributed by atoms with Gasteiger partial charge in [0.05, 0.1) is 5.75 Å². The van der Waals surface area contributed by atoms with Crippen LogP contribution in [0.5, 0.6) is 0 Å². The second-order valence-electron chi connectivity index (χ2n) is 6.58. The van der Waals surface area contributed by atoms with Gasteiger partial charge in [-0.3, -0.25) is 4.55 Å². The van der Waals surface area contributed by atoms with Crippen molar-refractivity contribution in [2.24, 2.45) is 0 Å². The topological polar surface area (TPSA) is 54.4 Å². The third kappa shape index (κ3) is 21.4. The maximum atomic E-state index is 10.5. The van der Waals surface area contributed by atoms with Gasteiger partial charge in [0.1, 0.15) is 0 Å². The minimum Gasteiger partial charge on any atom is -0.286 e. The predicted molar refractivity (Wildman–Crippen MR) is 105 cm³/mol. The Labute approximate surface area is 150 Å². The van der Waals surface area contributed by atoms with E-state index in [1.54, 1.807) is 0 Å². The molecule has 0 fully saturated rings. The molecule has 0 radical (unpaired) electrons. The van der Waals surface area contributed by atoms with Crippen LogP contribution in [0.15, 0.2) is 24.3 Å². The molecule has 0 bridgehead atoms. The summed E-state index contributed by atoms with van der Waals surface area (Å²) in [5, 5.41) is 0. The Morgan fingerprint density at radius 2 is 1.12 bits per heavy atom. The fraction of sp³-hybridized carbons (Fsp3) is 0.800. The van der Waals surface area contributed by atoms with Crippen molar-refractivity contribution in [3.05, 3.63) is 24.3 Å². The van der Waals surface area contributed by atoms with Gasteiger partial charge in [-0.2, -0.15) is 8.42 Å². The highest BCUT2D eigenvalue weighted by Gasteiger charge is 2.02. The molecule has 0 unspecified atom stereocenters. The van der Waals surface area contributed by atoms with E-state index < -0.39 is 10.1 Å². The Morgan fingerprint density at radius 1 is 0.667 bits per heavy atom. The van der Waals surface area contributed by atoms with Crippen LogP contribution in [0.1, 0.15) is 96.8 Å². The van der Waals surface area contributed by atoms with Crippen LogP contribution in [0.4, 0.5) is 0 Å². The van der Waals surface area contributed by atoms with Gasteiger partial charge in [0.15, 0.2) is 0 Å². The van der Waals surface area contributed by atoms with Crippen LogP contribution in [0, 0.1) is 0 Å². The summed E-state index contributed by atoms with van der Waals surface area (Å²) in [5.74, 6) is -0.0900. The lowest BCUT2D eigenvalue weighted by Gasteiger charge is -2.01. The van der Waals surface area contributed by atoms with E-state index in [0.717, 1.165) is 19.3 Å². The number of unbranched alkanes of at least 4 members (excludes halogenated alkanes) is 11. The first-order valence-electron chi connectivity index (χ1n) is 9.81. The van der Waals surface area contributed by atoms with E-state index in [1.165, 1.54) is 64.2 Å². The third-order valence-corrected chi connectivity index (χ3v) is 4.91. The Balaban J connectivity index is 3.20. The SMILES string of the molecule is CCCCC/C=C\C/C=C\CCCCCCCCCCS(=O)(=O)O. The summed E-state index contributed by atoms with van der Waals surface area (Å²) in [5.41, 5.74) is 0. The van der Waals surface area contributed by atoms with Crippen molar-refractivity contribution in [1.82, 2.24) is 0 Å². The Kier molecular flexibility index (Phi) is 16.8. The van der Waals surface area contributed by atoms with E-state index in [9.17, 15) is 8.42 Å². The molecule has 1 N–H and O–H groups in total. The second kappa shape index (κ2) is 17.2.